The van der Waals surface area contributed by atoms with Gasteiger partial charge in [-0.2, -0.15) is 5.10 Å². The van der Waals surface area contributed by atoms with Gasteiger partial charge < -0.3 is 19.6 Å². The number of aromatic nitrogens is 2. The molecule has 1 aromatic heterocycles. The van der Waals surface area contributed by atoms with Gasteiger partial charge in [-0.25, -0.2) is 9.59 Å². The number of allylic oxidation sites excluding steroid dienone is 1. The lowest BCUT2D eigenvalue weighted by Gasteiger charge is -2.14. The summed E-state index contributed by atoms with van der Waals surface area (Å²) in [5.74, 6) is -0.559. The van der Waals surface area contributed by atoms with Crippen molar-refractivity contribution in [3.63, 3.8) is 0 Å². The number of H-pyrrole nitrogens is 1. The van der Waals surface area contributed by atoms with E-state index in [2.05, 4.69) is 16.7 Å². The van der Waals surface area contributed by atoms with Gasteiger partial charge in [-0.05, 0) is 36.2 Å². The first kappa shape index (κ1) is 20.6. The molecule has 2 aromatic carbocycles. The van der Waals surface area contributed by atoms with E-state index >= 15 is 0 Å². The fraction of sp³-hybridized carbons (Fsp3) is 0.143. The van der Waals surface area contributed by atoms with Gasteiger partial charge in [0, 0.05) is 5.56 Å². The maximum atomic E-state index is 12.6. The van der Waals surface area contributed by atoms with Crippen LogP contribution >= 0.6 is 0 Å². The zero-order valence-corrected chi connectivity index (χ0v) is 16.1. The third kappa shape index (κ3) is 4.30. The lowest BCUT2D eigenvalue weighted by molar-refractivity contribution is -0.139. The second kappa shape index (κ2) is 8.91. The van der Waals surface area contributed by atoms with Gasteiger partial charge in [0.1, 0.15) is 0 Å². The molecule has 0 bridgehead atoms. The average molecular weight is 409 g/mol. The summed E-state index contributed by atoms with van der Waals surface area (Å²) >= 11 is 0. The standard InChI is InChI=1S/C21H19N3O6/c1-3-6-14-9-13(10-17(29-2)19(14)30-12-18(25)26)11-22-24-20(27)15-7-4-5-8-16(15)23-21(24)28/h3-5,7-11H,1,6,12H2,2H3,(H,23,28)(H,25,26). The van der Waals surface area contributed by atoms with Crippen molar-refractivity contribution < 1.29 is 19.4 Å². The number of carbonyl (C=O) groups is 1. The van der Waals surface area contributed by atoms with Crippen molar-refractivity contribution in [1.82, 2.24) is 9.66 Å². The van der Waals surface area contributed by atoms with Crippen LogP contribution in [0.15, 0.2) is 63.7 Å². The summed E-state index contributed by atoms with van der Waals surface area (Å²) in [7, 11) is 1.42. The van der Waals surface area contributed by atoms with Crippen LogP contribution in [-0.2, 0) is 11.2 Å². The van der Waals surface area contributed by atoms with Crippen LogP contribution in [0.1, 0.15) is 11.1 Å². The number of carboxylic acid groups (broad SMARTS) is 1. The molecule has 0 saturated carbocycles. The number of fused-ring (bicyclic) bond motifs is 1. The van der Waals surface area contributed by atoms with Crippen LogP contribution in [0.5, 0.6) is 11.5 Å². The number of ether oxygens (including phenoxy) is 2. The van der Waals surface area contributed by atoms with Crippen LogP contribution in [-0.4, -0.2) is 40.7 Å². The molecule has 0 saturated heterocycles. The third-order valence-corrected chi connectivity index (χ3v) is 4.18. The molecule has 0 unspecified atom stereocenters. The second-order valence-corrected chi connectivity index (χ2v) is 6.22. The molecule has 1 heterocycles. The van der Waals surface area contributed by atoms with Crippen molar-refractivity contribution in [2.75, 3.05) is 13.7 Å². The number of aliphatic carboxylic acids is 1. The van der Waals surface area contributed by atoms with Crippen LogP contribution in [0, 0.1) is 0 Å². The molecule has 0 aliphatic carbocycles. The highest BCUT2D eigenvalue weighted by Gasteiger charge is 2.14. The number of nitrogens with one attached hydrogen (secondary N) is 1. The molecule has 0 aliphatic rings. The van der Waals surface area contributed by atoms with E-state index in [-0.39, 0.29) is 11.5 Å². The van der Waals surface area contributed by atoms with Crippen molar-refractivity contribution in [3.8, 4) is 11.5 Å². The lowest BCUT2D eigenvalue weighted by atomic mass is 10.1. The van der Waals surface area contributed by atoms with Crippen molar-refractivity contribution in [2.24, 2.45) is 5.10 Å². The summed E-state index contributed by atoms with van der Waals surface area (Å²) in [6.45, 7) is 3.15. The molecule has 0 atom stereocenters. The van der Waals surface area contributed by atoms with Gasteiger partial charge in [0.05, 0.1) is 24.2 Å². The van der Waals surface area contributed by atoms with Crippen molar-refractivity contribution in [1.29, 1.82) is 0 Å². The van der Waals surface area contributed by atoms with E-state index < -0.39 is 23.8 Å². The minimum Gasteiger partial charge on any atom is -0.493 e. The van der Waals surface area contributed by atoms with E-state index in [9.17, 15) is 14.4 Å². The predicted octanol–water partition coefficient (Wildman–Crippen LogP) is 1.77. The van der Waals surface area contributed by atoms with Crippen LogP contribution < -0.4 is 20.7 Å². The summed E-state index contributed by atoms with van der Waals surface area (Å²) in [6, 6.07) is 9.89. The smallest absolute Gasteiger partial charge is 0.349 e. The van der Waals surface area contributed by atoms with E-state index in [0.29, 0.717) is 28.5 Å². The summed E-state index contributed by atoms with van der Waals surface area (Å²) in [5, 5.41) is 13.2. The number of para-hydroxylation sites is 1. The number of hydrogen-bond donors (Lipinski definition) is 2. The average Bonchev–Trinajstić information content (AvgIpc) is 2.72. The van der Waals surface area contributed by atoms with Crippen molar-refractivity contribution in [2.45, 2.75) is 6.42 Å². The van der Waals surface area contributed by atoms with Crippen LogP contribution in [0.2, 0.25) is 0 Å². The molecule has 0 spiro atoms. The number of nitrogens with zero attached hydrogens (tertiary/aromatic N) is 2. The maximum absolute atomic E-state index is 12.6. The number of benzene rings is 2. The molecule has 154 valence electrons. The Morgan fingerprint density at radius 1 is 1.30 bits per heavy atom. The SMILES string of the molecule is C=CCc1cc(C=Nn2c(=O)[nH]c3ccccc3c2=O)cc(OC)c1OCC(=O)O. The van der Waals surface area contributed by atoms with Crippen LogP contribution in [0.25, 0.3) is 10.9 Å². The zero-order valence-electron chi connectivity index (χ0n) is 16.1. The van der Waals surface area contributed by atoms with Gasteiger partial charge >= 0.3 is 11.7 Å². The van der Waals surface area contributed by atoms with Gasteiger partial charge in [-0.15, -0.1) is 11.3 Å². The van der Waals surface area contributed by atoms with E-state index in [4.69, 9.17) is 14.6 Å². The van der Waals surface area contributed by atoms with Gasteiger partial charge in [-0.3, -0.25) is 4.79 Å². The molecule has 2 N–H and O–H groups in total. The molecule has 0 radical (unpaired) electrons. The number of hydrogen-bond acceptors (Lipinski definition) is 6. The van der Waals surface area contributed by atoms with E-state index in [1.165, 1.54) is 13.3 Å². The molecule has 0 amide bonds. The number of methoxy groups -OCH3 is 1. The highest BCUT2D eigenvalue weighted by Crippen LogP contribution is 2.33. The molecule has 9 heteroatoms. The predicted molar refractivity (Wildman–Crippen MR) is 112 cm³/mol. The number of carboxylic acids is 1. The molecule has 0 aliphatic heterocycles. The molecule has 3 rings (SSSR count). The first-order valence-electron chi connectivity index (χ1n) is 8.89. The van der Waals surface area contributed by atoms with Gasteiger partial charge in [0.2, 0.25) is 0 Å². The van der Waals surface area contributed by atoms with Gasteiger partial charge in [-0.1, -0.05) is 18.2 Å². The molecule has 9 nitrogen and oxygen atoms in total. The first-order valence-corrected chi connectivity index (χ1v) is 8.89. The largest absolute Gasteiger partial charge is 0.493 e. The monoisotopic (exact) mass is 409 g/mol. The lowest BCUT2D eigenvalue weighted by Crippen LogP contribution is -2.32. The van der Waals surface area contributed by atoms with Crippen molar-refractivity contribution in [3.05, 3.63) is 81.0 Å². The van der Waals surface area contributed by atoms with E-state index in [1.807, 2.05) is 0 Å². The Bertz CT molecular complexity index is 1260. The van der Waals surface area contributed by atoms with Gasteiger partial charge in [0.25, 0.3) is 5.56 Å². The second-order valence-electron chi connectivity index (χ2n) is 6.22. The van der Waals surface area contributed by atoms with E-state index in [0.717, 1.165) is 4.68 Å². The topological polar surface area (TPSA) is 123 Å². The summed E-state index contributed by atoms with van der Waals surface area (Å²) in [5.41, 5.74) is 0.339. The minimum atomic E-state index is -1.12. The fourth-order valence-electron chi connectivity index (χ4n) is 2.90. The summed E-state index contributed by atoms with van der Waals surface area (Å²) in [6.07, 6.45) is 3.34. The third-order valence-electron chi connectivity index (χ3n) is 4.18. The Hall–Kier alpha value is -4.14. The quantitative estimate of drug-likeness (QED) is 0.432. The summed E-state index contributed by atoms with van der Waals surface area (Å²) < 4.78 is 11.4. The minimum absolute atomic E-state index is 0.276. The van der Waals surface area contributed by atoms with E-state index in [1.54, 1.807) is 42.5 Å². The van der Waals surface area contributed by atoms with Crippen LogP contribution in [0.3, 0.4) is 0 Å². The normalized spacial score (nSPS) is 11.0. The fourth-order valence-corrected chi connectivity index (χ4v) is 2.90. The zero-order chi connectivity index (χ0) is 21.7. The Morgan fingerprint density at radius 3 is 2.77 bits per heavy atom. The Labute approximate surface area is 170 Å². The van der Waals surface area contributed by atoms with Gasteiger partial charge in [0.15, 0.2) is 18.1 Å². The highest BCUT2D eigenvalue weighted by atomic mass is 16.5. The molecular formula is C21H19N3O6. The van der Waals surface area contributed by atoms with Crippen molar-refractivity contribution >= 4 is 23.1 Å². The molecular weight excluding hydrogens is 390 g/mol. The molecule has 3 aromatic rings. The van der Waals surface area contributed by atoms with Crippen LogP contribution in [0.4, 0.5) is 0 Å². The summed E-state index contributed by atoms with van der Waals surface area (Å²) in [4.78, 5) is 38.3. The maximum Gasteiger partial charge on any atom is 0.349 e. The number of aromatic amines is 1. The number of rotatable bonds is 8. The molecule has 0 fully saturated rings. The highest BCUT2D eigenvalue weighted by molar-refractivity contribution is 5.82. The Morgan fingerprint density at radius 2 is 2.07 bits per heavy atom. The molecule has 30 heavy (non-hydrogen) atoms. The Balaban J connectivity index is 2.05. The first-order chi connectivity index (χ1) is 14.4. The Kier molecular flexibility index (Phi) is 6.11.